The van der Waals surface area contributed by atoms with E-state index in [1.807, 2.05) is 54.6 Å². The first-order valence-electron chi connectivity index (χ1n) is 34.7. The molecule has 3 heteroatoms. The van der Waals surface area contributed by atoms with Crippen molar-refractivity contribution in [1.82, 2.24) is 0 Å². The topological polar surface area (TPSA) is 6.48 Å². The van der Waals surface area contributed by atoms with Gasteiger partial charge in [-0.15, -0.1) is 0 Å². The maximum atomic E-state index is 9.43. The summed E-state index contributed by atoms with van der Waals surface area (Å²) in [5, 5.41) is 0. The summed E-state index contributed by atoms with van der Waals surface area (Å²) in [5.74, 6) is 0. The van der Waals surface area contributed by atoms with Crippen LogP contribution in [0.15, 0.2) is 248 Å². The van der Waals surface area contributed by atoms with Gasteiger partial charge in [-0.25, -0.2) is 0 Å². The van der Waals surface area contributed by atoms with Crippen LogP contribution in [0.2, 0.25) is 0 Å². The summed E-state index contributed by atoms with van der Waals surface area (Å²) in [6.45, 7) is 26.6. The molecule has 0 aliphatic carbocycles. The van der Waals surface area contributed by atoms with E-state index in [-0.39, 0.29) is 57.0 Å². The van der Waals surface area contributed by atoms with Gasteiger partial charge in [-0.3, -0.25) is 0 Å². The van der Waals surface area contributed by atoms with E-state index in [0.29, 0.717) is 22.5 Å². The zero-order valence-corrected chi connectivity index (χ0v) is 50.9. The average Bonchev–Trinajstić information content (AvgIpc) is 0.694. The van der Waals surface area contributed by atoms with Crippen LogP contribution >= 0.6 is 0 Å². The number of fused-ring (bicyclic) bond motifs is 4. The van der Waals surface area contributed by atoms with Gasteiger partial charge < -0.3 is 9.80 Å². The summed E-state index contributed by atoms with van der Waals surface area (Å²) >= 11 is 0. The molecule has 85 heavy (non-hydrogen) atoms. The van der Waals surface area contributed by atoms with Crippen LogP contribution in [0.25, 0.3) is 66.8 Å². The van der Waals surface area contributed by atoms with Crippen LogP contribution in [-0.4, -0.2) is 6.71 Å². The summed E-state index contributed by atoms with van der Waals surface area (Å²) in [5.41, 5.74) is 21.0. The molecule has 11 aromatic rings. The van der Waals surface area contributed by atoms with Crippen LogP contribution in [0.3, 0.4) is 0 Å². The van der Waals surface area contributed by atoms with Gasteiger partial charge in [0.25, 0.3) is 6.71 Å². The fraction of sp³-hybridized carbons (Fsp3) is 0.195. The minimum atomic E-state index is -0.493. The number of hydrogen-bond donors (Lipinski definition) is 0. The van der Waals surface area contributed by atoms with Crippen LogP contribution in [0.4, 0.5) is 34.1 Å². The maximum Gasteiger partial charge on any atom is 0.252 e. The lowest BCUT2D eigenvalue weighted by atomic mass is 9.33. The lowest BCUT2D eigenvalue weighted by molar-refractivity contribution is 0.568. The van der Waals surface area contributed by atoms with Crippen LogP contribution in [-0.2, 0) is 21.7 Å². The minimum Gasteiger partial charge on any atom is -0.311 e. The largest absolute Gasteiger partial charge is 0.311 e. The fourth-order valence-corrected chi connectivity index (χ4v) is 12.6. The molecule has 2 aliphatic rings. The standard InChI is InChI=1S/C82H77BN2/c1-79(2,3)60-46-58(47-61(52-60)80(4,5)6)66-34-21-19-32-64(66)56-42-44-74-70(50-56)83-71-51-57(65-33-20-22-35-67(65)59-48-62(81(7,8)9)53-63(49-59)82(10,11)12)43-45-75(71)85(73-39-26-24-37-69(73)55-30-17-14-18-31-55)77-41-27-40-76(78(77)83)84(74)72-38-25-23-36-68(72)54-28-15-13-16-29-54/h13-53H,1-12H3/i13D,14D,15D,16D,17D,18D,28D,29D,30D,31D. The Morgan fingerprint density at radius 2 is 0.576 bits per heavy atom. The zero-order valence-electron chi connectivity index (χ0n) is 60.9. The van der Waals surface area contributed by atoms with Gasteiger partial charge in [0.2, 0.25) is 0 Å². The molecule has 0 bridgehead atoms. The number of hydrogen-bond acceptors (Lipinski definition) is 2. The van der Waals surface area contributed by atoms with E-state index < -0.39 is 43.0 Å². The predicted octanol–water partition coefficient (Wildman–Crippen LogP) is 21.0. The highest BCUT2D eigenvalue weighted by Crippen LogP contribution is 2.50. The molecule has 0 atom stereocenters. The molecule has 418 valence electrons. The molecule has 0 fully saturated rings. The third kappa shape index (κ3) is 10.1. The Morgan fingerprint density at radius 3 is 0.918 bits per heavy atom. The zero-order chi connectivity index (χ0) is 67.9. The third-order valence-electron chi connectivity index (χ3n) is 17.2. The summed E-state index contributed by atoms with van der Waals surface area (Å²) in [6, 6.07) is 61.9. The first-order valence-corrected chi connectivity index (χ1v) is 29.7. The van der Waals surface area contributed by atoms with Crippen molar-refractivity contribution in [2.75, 3.05) is 9.80 Å². The Morgan fingerprint density at radius 1 is 0.271 bits per heavy atom. The van der Waals surface area contributed by atoms with Gasteiger partial charge in [0, 0.05) is 33.9 Å². The van der Waals surface area contributed by atoms with E-state index in [4.69, 9.17) is 8.22 Å². The van der Waals surface area contributed by atoms with E-state index in [9.17, 15) is 5.48 Å². The summed E-state index contributed by atoms with van der Waals surface area (Å²) in [7, 11) is 0. The van der Waals surface area contributed by atoms with Crippen LogP contribution in [0, 0.1) is 0 Å². The Labute approximate surface area is 520 Å². The van der Waals surface area contributed by atoms with E-state index in [1.54, 1.807) is 0 Å². The third-order valence-corrected chi connectivity index (χ3v) is 17.2. The lowest BCUT2D eigenvalue weighted by Crippen LogP contribution is -2.61. The molecule has 2 aliphatic heterocycles. The smallest absolute Gasteiger partial charge is 0.252 e. The van der Waals surface area contributed by atoms with Gasteiger partial charge in [0.15, 0.2) is 0 Å². The molecule has 0 aromatic heterocycles. The van der Waals surface area contributed by atoms with Crippen LogP contribution in [0.5, 0.6) is 0 Å². The summed E-state index contributed by atoms with van der Waals surface area (Å²) in [6.07, 6.45) is 0. The summed E-state index contributed by atoms with van der Waals surface area (Å²) in [4.78, 5) is 4.36. The Balaban J connectivity index is 1.15. The normalized spacial score (nSPS) is 14.8. The van der Waals surface area contributed by atoms with Gasteiger partial charge in [0.05, 0.1) is 25.1 Å². The fourth-order valence-electron chi connectivity index (χ4n) is 12.6. The predicted molar refractivity (Wildman–Crippen MR) is 368 cm³/mol. The molecule has 0 saturated carbocycles. The van der Waals surface area contributed by atoms with Crippen molar-refractivity contribution in [3.63, 3.8) is 0 Å². The highest BCUT2D eigenvalue weighted by atomic mass is 15.2. The van der Waals surface area contributed by atoms with Gasteiger partial charge in [-0.2, -0.15) is 0 Å². The highest BCUT2D eigenvalue weighted by molar-refractivity contribution is 7.00. The van der Waals surface area contributed by atoms with Crippen molar-refractivity contribution in [2.24, 2.45) is 0 Å². The van der Waals surface area contributed by atoms with Crippen molar-refractivity contribution in [3.05, 3.63) is 271 Å². The quantitative estimate of drug-likeness (QED) is 0.140. The van der Waals surface area contributed by atoms with Gasteiger partial charge in [-0.05, 0) is 152 Å². The highest BCUT2D eigenvalue weighted by Gasteiger charge is 2.44. The van der Waals surface area contributed by atoms with Crippen molar-refractivity contribution >= 4 is 57.2 Å². The molecule has 2 heterocycles. The molecule has 0 unspecified atom stereocenters. The molecular weight excluding hydrogens is 1020 g/mol. The lowest BCUT2D eigenvalue weighted by Gasteiger charge is -2.45. The average molecular weight is 1110 g/mol. The second-order valence-electron chi connectivity index (χ2n) is 27.1. The Hall–Kier alpha value is -8.92. The summed E-state index contributed by atoms with van der Waals surface area (Å²) < 4.78 is 90.7. The van der Waals surface area contributed by atoms with Crippen molar-refractivity contribution in [3.8, 4) is 66.8 Å². The van der Waals surface area contributed by atoms with Crippen LogP contribution < -0.4 is 26.2 Å². The second kappa shape index (κ2) is 21.0. The number of rotatable bonds is 8. The van der Waals surface area contributed by atoms with Gasteiger partial charge in [-0.1, -0.05) is 295 Å². The number of para-hydroxylation sites is 2. The van der Waals surface area contributed by atoms with E-state index in [2.05, 4.69) is 226 Å². The Bertz CT molecular complexity index is 4560. The van der Waals surface area contributed by atoms with Crippen molar-refractivity contribution in [2.45, 2.75) is 105 Å². The maximum absolute atomic E-state index is 9.43. The van der Waals surface area contributed by atoms with Crippen molar-refractivity contribution in [1.29, 1.82) is 0 Å². The van der Waals surface area contributed by atoms with E-state index in [0.717, 1.165) is 83.6 Å². The number of nitrogens with zero attached hydrogens (tertiary/aromatic N) is 2. The Kier molecular flexibility index (Phi) is 11.0. The van der Waals surface area contributed by atoms with E-state index >= 15 is 0 Å². The first kappa shape index (κ1) is 44.6. The van der Waals surface area contributed by atoms with Gasteiger partial charge in [0.1, 0.15) is 0 Å². The molecule has 11 aromatic carbocycles. The number of benzene rings is 11. The molecule has 2 nitrogen and oxygen atoms in total. The number of anilines is 6. The molecule has 0 N–H and O–H groups in total. The van der Waals surface area contributed by atoms with Gasteiger partial charge >= 0.3 is 0 Å². The second-order valence-corrected chi connectivity index (χ2v) is 27.1. The monoisotopic (exact) mass is 1110 g/mol. The minimum absolute atomic E-state index is 0.0724. The molecule has 0 amide bonds. The molecule has 13 rings (SSSR count). The first-order chi connectivity index (χ1) is 44.8. The van der Waals surface area contributed by atoms with E-state index in [1.165, 1.54) is 22.3 Å². The van der Waals surface area contributed by atoms with Crippen LogP contribution in [0.1, 0.15) is 119 Å². The SMILES string of the molecule is [2H]c1c([2H])c([2H])c(-c2ccccc2N2c3ccc(-c4ccccc4-c4cc(C(C)(C)C)cc(C(C)(C)C)c4)cc3B3c4cc(-c5ccccc5-c5cc(C(C)(C)C)cc(C(C)(C)C)c5)ccc4N(c4ccccc4-c4c([2H])c([2H])c([2H])c([2H])c4[2H])c4cccc2c43)c([2H])c1[2H]. The molecule has 0 saturated heterocycles. The molecule has 0 spiro atoms. The molecular formula is C82H77BN2. The van der Waals surface area contributed by atoms with Crippen molar-refractivity contribution < 1.29 is 13.7 Å². The molecule has 0 radical (unpaired) electrons.